The lowest BCUT2D eigenvalue weighted by atomic mass is 10.4. The third kappa shape index (κ3) is 1.95. The van der Waals surface area contributed by atoms with Crippen LogP contribution in [0.3, 0.4) is 0 Å². The molecule has 1 aliphatic rings. The van der Waals surface area contributed by atoms with Crippen LogP contribution in [0.1, 0.15) is 16.9 Å². The molecule has 1 N–H and O–H groups in total. The van der Waals surface area contributed by atoms with Crippen LogP contribution < -0.4 is 4.90 Å². The number of hydrogen-bond acceptors (Lipinski definition) is 4. The van der Waals surface area contributed by atoms with Crippen molar-refractivity contribution in [2.45, 2.75) is 11.8 Å². The highest BCUT2D eigenvalue weighted by Gasteiger charge is 2.31. The lowest BCUT2D eigenvalue weighted by molar-refractivity contribution is -0.117. The van der Waals surface area contributed by atoms with Crippen molar-refractivity contribution < 1.29 is 14.7 Å². The molecule has 1 unspecified atom stereocenters. The van der Waals surface area contributed by atoms with E-state index in [0.29, 0.717) is 11.7 Å². The molecule has 1 aromatic rings. The monoisotopic (exact) mass is 246 g/mol. The molecule has 0 saturated carbocycles. The normalized spacial score (nSPS) is 21.0. The molecule has 0 aromatic carbocycles. The Kier molecular flexibility index (Phi) is 2.62. The van der Waals surface area contributed by atoms with Crippen LogP contribution in [0.4, 0.5) is 5.13 Å². The lowest BCUT2D eigenvalue weighted by Crippen LogP contribution is -2.24. The number of anilines is 1. The predicted octanol–water partition coefficient (Wildman–Crippen LogP) is 1.19. The van der Waals surface area contributed by atoms with Gasteiger partial charge in [-0.05, 0) is 0 Å². The summed E-state index contributed by atoms with van der Waals surface area (Å²) in [6, 6.07) is 0. The summed E-state index contributed by atoms with van der Waals surface area (Å²) in [4.78, 5) is 27.3. The van der Waals surface area contributed by atoms with E-state index in [0.717, 1.165) is 11.3 Å². The fourth-order valence-corrected chi connectivity index (χ4v) is 2.43. The van der Waals surface area contributed by atoms with Gasteiger partial charge in [-0.2, -0.15) is 0 Å². The Hall–Kier alpha value is -1.14. The second-order valence-electron chi connectivity index (χ2n) is 3.13. The Morgan fingerprint density at radius 2 is 2.47 bits per heavy atom. The zero-order chi connectivity index (χ0) is 11.0. The minimum absolute atomic E-state index is 0.0409. The van der Waals surface area contributed by atoms with Gasteiger partial charge in [0, 0.05) is 18.3 Å². The Labute approximate surface area is 94.3 Å². The fourth-order valence-electron chi connectivity index (χ4n) is 1.34. The molecular formula is C8H7ClN2O3S. The molecule has 7 heteroatoms. The average Bonchev–Trinajstić information content (AvgIpc) is 2.71. The van der Waals surface area contributed by atoms with E-state index in [2.05, 4.69) is 4.98 Å². The van der Waals surface area contributed by atoms with Crippen LogP contribution in [-0.2, 0) is 4.79 Å². The Bertz CT molecular complexity index is 420. The first-order valence-corrected chi connectivity index (χ1v) is 5.53. The standard InChI is InChI=1S/C8H7ClN2O3S/c9-4-1-6(12)11(2-4)8-10-5(3-15-8)7(13)14/h3-4H,1-2H2,(H,13,14). The number of amides is 1. The van der Waals surface area contributed by atoms with Gasteiger partial charge in [-0.15, -0.1) is 22.9 Å². The largest absolute Gasteiger partial charge is 0.476 e. The zero-order valence-electron chi connectivity index (χ0n) is 7.51. The molecule has 0 aliphatic carbocycles. The number of aromatic nitrogens is 1. The van der Waals surface area contributed by atoms with Crippen molar-refractivity contribution in [2.75, 3.05) is 11.4 Å². The second kappa shape index (κ2) is 3.79. The first-order valence-electron chi connectivity index (χ1n) is 4.21. The number of aromatic carboxylic acids is 1. The number of carboxylic acids is 1. The first kappa shape index (κ1) is 10.4. The fraction of sp³-hybridized carbons (Fsp3) is 0.375. The average molecular weight is 247 g/mol. The number of hydrogen-bond donors (Lipinski definition) is 1. The third-order valence-electron chi connectivity index (χ3n) is 2.02. The molecule has 0 spiro atoms. The van der Waals surface area contributed by atoms with Gasteiger partial charge in [0.15, 0.2) is 10.8 Å². The number of carboxylic acid groups (broad SMARTS) is 1. The number of halogens is 1. The highest BCUT2D eigenvalue weighted by atomic mass is 35.5. The van der Waals surface area contributed by atoms with Gasteiger partial charge in [-0.1, -0.05) is 0 Å². The molecule has 1 amide bonds. The van der Waals surface area contributed by atoms with E-state index in [1.165, 1.54) is 10.3 Å². The molecule has 15 heavy (non-hydrogen) atoms. The van der Waals surface area contributed by atoms with Crippen molar-refractivity contribution in [2.24, 2.45) is 0 Å². The Morgan fingerprint density at radius 3 is 2.93 bits per heavy atom. The SMILES string of the molecule is O=C(O)c1csc(N2CC(Cl)CC2=O)n1. The van der Waals surface area contributed by atoms with Crippen LogP contribution >= 0.6 is 22.9 Å². The number of alkyl halides is 1. The number of nitrogens with zero attached hydrogens (tertiary/aromatic N) is 2. The van der Waals surface area contributed by atoms with Crippen LogP contribution in [0.25, 0.3) is 0 Å². The summed E-state index contributed by atoms with van der Waals surface area (Å²) >= 11 is 6.95. The van der Waals surface area contributed by atoms with Crippen molar-refractivity contribution in [3.05, 3.63) is 11.1 Å². The topological polar surface area (TPSA) is 70.5 Å². The number of rotatable bonds is 2. The van der Waals surface area contributed by atoms with Crippen LogP contribution in [0.15, 0.2) is 5.38 Å². The Balaban J connectivity index is 2.23. The summed E-state index contributed by atoms with van der Waals surface area (Å²) in [5.74, 6) is -1.20. The molecule has 1 aromatic heterocycles. The molecule has 0 bridgehead atoms. The quantitative estimate of drug-likeness (QED) is 0.796. The molecular weight excluding hydrogens is 240 g/mol. The smallest absolute Gasteiger partial charge is 0.355 e. The number of carbonyl (C=O) groups excluding carboxylic acids is 1. The van der Waals surface area contributed by atoms with Gasteiger partial charge in [-0.3, -0.25) is 9.69 Å². The minimum Gasteiger partial charge on any atom is -0.476 e. The summed E-state index contributed by atoms with van der Waals surface area (Å²) < 4.78 is 0. The van der Waals surface area contributed by atoms with Gasteiger partial charge in [0.05, 0.1) is 5.38 Å². The highest BCUT2D eigenvalue weighted by Crippen LogP contribution is 2.27. The number of carbonyl (C=O) groups is 2. The molecule has 1 aliphatic heterocycles. The van der Waals surface area contributed by atoms with E-state index in [1.807, 2.05) is 0 Å². The van der Waals surface area contributed by atoms with Crippen molar-refractivity contribution in [3.63, 3.8) is 0 Å². The van der Waals surface area contributed by atoms with Crippen LogP contribution in [0.2, 0.25) is 0 Å². The molecule has 1 saturated heterocycles. The maximum atomic E-state index is 11.4. The van der Waals surface area contributed by atoms with Crippen molar-refractivity contribution >= 4 is 39.9 Å². The van der Waals surface area contributed by atoms with Crippen LogP contribution in [0, 0.1) is 0 Å². The van der Waals surface area contributed by atoms with Gasteiger partial charge in [0.2, 0.25) is 5.91 Å². The third-order valence-corrected chi connectivity index (χ3v) is 3.18. The van der Waals surface area contributed by atoms with Gasteiger partial charge in [-0.25, -0.2) is 9.78 Å². The lowest BCUT2D eigenvalue weighted by Gasteiger charge is -2.10. The maximum absolute atomic E-state index is 11.4. The van der Waals surface area contributed by atoms with E-state index in [4.69, 9.17) is 16.7 Å². The van der Waals surface area contributed by atoms with E-state index in [9.17, 15) is 9.59 Å². The summed E-state index contributed by atoms with van der Waals surface area (Å²) in [5, 5.41) is 10.3. The first-order chi connectivity index (χ1) is 7.08. The summed E-state index contributed by atoms with van der Waals surface area (Å²) in [6.45, 7) is 0.396. The Morgan fingerprint density at radius 1 is 1.73 bits per heavy atom. The molecule has 0 radical (unpaired) electrons. The minimum atomic E-state index is -1.09. The van der Waals surface area contributed by atoms with Crippen molar-refractivity contribution in [1.82, 2.24) is 4.98 Å². The van der Waals surface area contributed by atoms with Crippen molar-refractivity contribution in [3.8, 4) is 0 Å². The van der Waals surface area contributed by atoms with Gasteiger partial charge in [0.25, 0.3) is 0 Å². The summed E-state index contributed by atoms with van der Waals surface area (Å²) in [6.07, 6.45) is 0.281. The van der Waals surface area contributed by atoms with E-state index >= 15 is 0 Å². The van der Waals surface area contributed by atoms with Gasteiger partial charge >= 0.3 is 5.97 Å². The van der Waals surface area contributed by atoms with E-state index in [1.54, 1.807) is 0 Å². The predicted molar refractivity (Wildman–Crippen MR) is 55.7 cm³/mol. The molecule has 5 nitrogen and oxygen atoms in total. The maximum Gasteiger partial charge on any atom is 0.355 e. The van der Waals surface area contributed by atoms with Gasteiger partial charge < -0.3 is 5.11 Å². The van der Waals surface area contributed by atoms with Crippen LogP contribution in [0.5, 0.6) is 0 Å². The second-order valence-corrected chi connectivity index (χ2v) is 4.58. The van der Waals surface area contributed by atoms with E-state index in [-0.39, 0.29) is 23.4 Å². The zero-order valence-corrected chi connectivity index (χ0v) is 9.09. The summed E-state index contributed by atoms with van der Waals surface area (Å²) in [5.41, 5.74) is -0.0409. The molecule has 2 rings (SSSR count). The number of thiazole rings is 1. The van der Waals surface area contributed by atoms with Gasteiger partial charge in [0.1, 0.15) is 0 Å². The molecule has 80 valence electrons. The summed E-state index contributed by atoms with van der Waals surface area (Å²) in [7, 11) is 0. The van der Waals surface area contributed by atoms with Crippen molar-refractivity contribution in [1.29, 1.82) is 0 Å². The molecule has 2 heterocycles. The molecule has 1 atom stereocenters. The molecule has 1 fully saturated rings. The highest BCUT2D eigenvalue weighted by molar-refractivity contribution is 7.14. The van der Waals surface area contributed by atoms with E-state index < -0.39 is 5.97 Å². The van der Waals surface area contributed by atoms with Crippen LogP contribution in [-0.4, -0.2) is 33.9 Å².